The van der Waals surface area contributed by atoms with Gasteiger partial charge in [-0.25, -0.2) is 0 Å². The van der Waals surface area contributed by atoms with Gasteiger partial charge in [-0.2, -0.15) is 0 Å². The van der Waals surface area contributed by atoms with Crippen molar-refractivity contribution in [3.8, 4) is 0 Å². The Hall–Kier alpha value is -0.570. The number of carbonyl (C=O) groups excluding carboxylic acids is 1. The van der Waals surface area contributed by atoms with Gasteiger partial charge in [-0.15, -0.1) is 0 Å². The van der Waals surface area contributed by atoms with Crippen LogP contribution in [0.1, 0.15) is 27.2 Å². The first-order valence-corrected chi connectivity index (χ1v) is 4.46. The van der Waals surface area contributed by atoms with Crippen LogP contribution in [-0.4, -0.2) is 18.9 Å². The summed E-state index contributed by atoms with van der Waals surface area (Å²) in [4.78, 5) is 10.9. The Morgan fingerprint density at radius 2 is 2.33 bits per heavy atom. The lowest BCUT2D eigenvalue weighted by Crippen LogP contribution is -2.23. The molecule has 0 saturated carbocycles. The summed E-state index contributed by atoms with van der Waals surface area (Å²) in [5.74, 6) is 0.539. The normalized spacial score (nSPS) is 29.5. The Bertz CT molecular complexity index is 165. The SMILES string of the molecule is CCOC1OC(=O)C[C@@H]1C(C)C. The van der Waals surface area contributed by atoms with Crippen molar-refractivity contribution in [3.63, 3.8) is 0 Å². The summed E-state index contributed by atoms with van der Waals surface area (Å²) in [5.41, 5.74) is 0. The lowest BCUT2D eigenvalue weighted by molar-refractivity contribution is -0.167. The van der Waals surface area contributed by atoms with E-state index >= 15 is 0 Å². The van der Waals surface area contributed by atoms with Gasteiger partial charge < -0.3 is 9.47 Å². The number of hydrogen-bond donors (Lipinski definition) is 0. The standard InChI is InChI=1S/C9H16O3/c1-4-11-9-7(6(2)3)5-8(10)12-9/h6-7,9H,4-5H2,1-3H3/t7-,9?/m1/s1. The summed E-state index contributed by atoms with van der Waals surface area (Å²) < 4.78 is 10.3. The minimum absolute atomic E-state index is 0.132. The predicted molar refractivity (Wildman–Crippen MR) is 44.5 cm³/mol. The molecule has 1 aliphatic heterocycles. The van der Waals surface area contributed by atoms with Crippen LogP contribution in [-0.2, 0) is 14.3 Å². The van der Waals surface area contributed by atoms with Gasteiger partial charge in [-0.05, 0) is 12.8 Å². The molecule has 0 spiro atoms. The fourth-order valence-corrected chi connectivity index (χ4v) is 1.43. The number of carbonyl (C=O) groups is 1. The van der Waals surface area contributed by atoms with Crippen LogP contribution in [0.25, 0.3) is 0 Å². The van der Waals surface area contributed by atoms with Crippen LogP contribution < -0.4 is 0 Å². The molecule has 70 valence electrons. The van der Waals surface area contributed by atoms with Gasteiger partial charge in [0.05, 0.1) is 6.42 Å². The molecule has 0 aliphatic carbocycles. The van der Waals surface area contributed by atoms with Crippen molar-refractivity contribution in [2.75, 3.05) is 6.61 Å². The van der Waals surface area contributed by atoms with E-state index < -0.39 is 0 Å². The fraction of sp³-hybridized carbons (Fsp3) is 0.889. The maximum atomic E-state index is 10.9. The molecule has 3 heteroatoms. The van der Waals surface area contributed by atoms with Crippen molar-refractivity contribution in [1.82, 2.24) is 0 Å². The van der Waals surface area contributed by atoms with E-state index in [9.17, 15) is 4.79 Å². The first-order chi connectivity index (χ1) is 5.65. The van der Waals surface area contributed by atoms with E-state index in [1.165, 1.54) is 0 Å². The van der Waals surface area contributed by atoms with Gasteiger partial charge in [0.25, 0.3) is 0 Å². The molecule has 0 aromatic carbocycles. The van der Waals surface area contributed by atoms with Crippen LogP contribution in [0.2, 0.25) is 0 Å². The first-order valence-electron chi connectivity index (χ1n) is 4.46. The van der Waals surface area contributed by atoms with E-state index in [-0.39, 0.29) is 18.2 Å². The van der Waals surface area contributed by atoms with Crippen molar-refractivity contribution in [3.05, 3.63) is 0 Å². The lowest BCUT2D eigenvalue weighted by atomic mass is 9.94. The molecule has 0 aromatic rings. The summed E-state index contributed by atoms with van der Waals surface area (Å²) in [7, 11) is 0. The largest absolute Gasteiger partial charge is 0.435 e. The van der Waals surface area contributed by atoms with Crippen LogP contribution in [0.15, 0.2) is 0 Å². The third-order valence-corrected chi connectivity index (χ3v) is 2.19. The average Bonchev–Trinajstić information content (AvgIpc) is 2.32. The molecule has 1 heterocycles. The van der Waals surface area contributed by atoms with Crippen molar-refractivity contribution >= 4 is 5.97 Å². The van der Waals surface area contributed by atoms with Crippen molar-refractivity contribution in [1.29, 1.82) is 0 Å². The molecule has 1 unspecified atom stereocenters. The average molecular weight is 172 g/mol. The molecule has 1 aliphatic rings. The van der Waals surface area contributed by atoms with E-state index in [0.717, 1.165) is 0 Å². The number of ether oxygens (including phenoxy) is 2. The minimum atomic E-state index is -0.303. The third kappa shape index (κ3) is 1.97. The minimum Gasteiger partial charge on any atom is -0.435 e. The molecule has 3 nitrogen and oxygen atoms in total. The van der Waals surface area contributed by atoms with Crippen LogP contribution in [0, 0.1) is 11.8 Å². The van der Waals surface area contributed by atoms with E-state index in [1.54, 1.807) is 0 Å². The van der Waals surface area contributed by atoms with Crippen LogP contribution in [0.5, 0.6) is 0 Å². The predicted octanol–water partition coefficient (Wildman–Crippen LogP) is 1.57. The molecular weight excluding hydrogens is 156 g/mol. The summed E-state index contributed by atoms with van der Waals surface area (Å²) >= 11 is 0. The van der Waals surface area contributed by atoms with Crippen molar-refractivity contribution in [2.24, 2.45) is 11.8 Å². The van der Waals surface area contributed by atoms with Crippen LogP contribution in [0.4, 0.5) is 0 Å². The lowest BCUT2D eigenvalue weighted by Gasteiger charge is -2.19. The molecule has 1 rings (SSSR count). The Morgan fingerprint density at radius 1 is 1.67 bits per heavy atom. The quantitative estimate of drug-likeness (QED) is 0.606. The van der Waals surface area contributed by atoms with Gasteiger partial charge in [-0.3, -0.25) is 4.79 Å². The third-order valence-electron chi connectivity index (χ3n) is 2.19. The number of hydrogen-bond acceptors (Lipinski definition) is 3. The summed E-state index contributed by atoms with van der Waals surface area (Å²) in [6, 6.07) is 0. The maximum Gasteiger partial charge on any atom is 0.308 e. The number of rotatable bonds is 3. The molecule has 12 heavy (non-hydrogen) atoms. The number of esters is 1. The fourth-order valence-electron chi connectivity index (χ4n) is 1.43. The zero-order valence-electron chi connectivity index (χ0n) is 7.87. The van der Waals surface area contributed by atoms with Gasteiger partial charge in [0.1, 0.15) is 0 Å². The van der Waals surface area contributed by atoms with Gasteiger partial charge in [0.2, 0.25) is 6.29 Å². The van der Waals surface area contributed by atoms with E-state index in [0.29, 0.717) is 18.9 Å². The summed E-state index contributed by atoms with van der Waals surface area (Å²) in [5, 5.41) is 0. The second-order valence-corrected chi connectivity index (χ2v) is 3.43. The van der Waals surface area contributed by atoms with Gasteiger partial charge >= 0.3 is 5.97 Å². The highest BCUT2D eigenvalue weighted by Crippen LogP contribution is 2.29. The molecule has 2 atom stereocenters. The Kier molecular flexibility index (Phi) is 3.09. The van der Waals surface area contributed by atoms with Gasteiger partial charge in [0, 0.05) is 12.5 Å². The molecule has 0 bridgehead atoms. The smallest absolute Gasteiger partial charge is 0.308 e. The monoisotopic (exact) mass is 172 g/mol. The Balaban J connectivity index is 2.53. The zero-order chi connectivity index (χ0) is 9.14. The molecular formula is C9H16O3. The highest BCUT2D eigenvalue weighted by atomic mass is 16.7. The van der Waals surface area contributed by atoms with Crippen molar-refractivity contribution in [2.45, 2.75) is 33.5 Å². The second kappa shape index (κ2) is 3.90. The highest BCUT2D eigenvalue weighted by Gasteiger charge is 2.37. The van der Waals surface area contributed by atoms with E-state index in [2.05, 4.69) is 13.8 Å². The highest BCUT2D eigenvalue weighted by molar-refractivity contribution is 5.71. The number of cyclic esters (lactones) is 1. The molecule has 0 amide bonds. The Morgan fingerprint density at radius 3 is 2.83 bits per heavy atom. The van der Waals surface area contributed by atoms with E-state index in [1.807, 2.05) is 6.92 Å². The van der Waals surface area contributed by atoms with Crippen molar-refractivity contribution < 1.29 is 14.3 Å². The summed E-state index contributed by atoms with van der Waals surface area (Å²) in [6.07, 6.45) is 0.199. The molecule has 1 saturated heterocycles. The topological polar surface area (TPSA) is 35.5 Å². The van der Waals surface area contributed by atoms with Crippen LogP contribution >= 0.6 is 0 Å². The molecule has 0 aromatic heterocycles. The molecule has 0 N–H and O–H groups in total. The molecule has 0 radical (unpaired) electrons. The van der Waals surface area contributed by atoms with Gasteiger partial charge in [-0.1, -0.05) is 13.8 Å². The Labute approximate surface area is 73.0 Å². The maximum absolute atomic E-state index is 10.9. The first kappa shape index (κ1) is 9.52. The van der Waals surface area contributed by atoms with Gasteiger partial charge in [0.15, 0.2) is 0 Å². The van der Waals surface area contributed by atoms with E-state index in [4.69, 9.17) is 9.47 Å². The second-order valence-electron chi connectivity index (χ2n) is 3.43. The van der Waals surface area contributed by atoms with Crippen LogP contribution in [0.3, 0.4) is 0 Å². The summed E-state index contributed by atoms with van der Waals surface area (Å²) in [6.45, 7) is 6.67. The zero-order valence-corrected chi connectivity index (χ0v) is 7.87. The molecule has 1 fully saturated rings.